The number of rotatable bonds is 18. The van der Waals surface area contributed by atoms with Gasteiger partial charge < -0.3 is 20.3 Å². The molecule has 5 atom stereocenters. The van der Waals surface area contributed by atoms with Crippen LogP contribution in [0.3, 0.4) is 0 Å². The Morgan fingerprint density at radius 3 is 2.41 bits per heavy atom. The minimum Gasteiger partial charge on any atom is -0.504 e. The number of allylic oxidation sites excluding steroid dienone is 2. The second-order valence-corrected chi connectivity index (χ2v) is 14.8. The third kappa shape index (κ3) is 6.32. The highest BCUT2D eigenvalue weighted by Crippen LogP contribution is 2.65. The first-order valence-corrected chi connectivity index (χ1v) is 18.4. The van der Waals surface area contributed by atoms with E-state index in [2.05, 4.69) is 29.3 Å². The van der Waals surface area contributed by atoms with Gasteiger partial charge in [0.05, 0.1) is 17.1 Å². The summed E-state index contributed by atoms with van der Waals surface area (Å²) in [6.07, 6.45) is 26.7. The number of carbonyl (C=O) groups excluding carboxylic acids is 1. The standard InChI is InChI=1S/C38H58N2O4/c1-2-3-4-5-6-7-8-9-10-11-12-13-14-15-16-17-33(42)39-30-22-23-38(43)32-26-29-20-21-31(41)35-34(29)37(38,36(30)44-35)24-25-40(32)27-28-18-19-28/h9-10,20-21,28,30,32,36,41,43H,2-8,11-19,22-27H2,1H3,(H,39,42)/b10-9+/t30-,32-,36+,37+,38-/m1/s1. The van der Waals surface area contributed by atoms with Crippen LogP contribution in [0.2, 0.25) is 0 Å². The van der Waals surface area contributed by atoms with E-state index in [1.54, 1.807) is 6.07 Å². The molecule has 1 aromatic carbocycles. The normalized spacial score (nSPS) is 30.4. The van der Waals surface area contributed by atoms with Gasteiger partial charge in [0.25, 0.3) is 0 Å². The Labute approximate surface area is 266 Å². The van der Waals surface area contributed by atoms with Crippen molar-refractivity contribution in [1.82, 2.24) is 10.2 Å². The van der Waals surface area contributed by atoms with Crippen molar-refractivity contribution >= 4 is 5.91 Å². The van der Waals surface area contributed by atoms with Gasteiger partial charge in [0.2, 0.25) is 5.91 Å². The number of unbranched alkanes of at least 4 members (excludes halogenated alkanes) is 11. The number of ether oxygens (including phenoxy) is 1. The summed E-state index contributed by atoms with van der Waals surface area (Å²) in [4.78, 5) is 15.7. The molecule has 3 fully saturated rings. The van der Waals surface area contributed by atoms with E-state index in [-0.39, 0.29) is 29.8 Å². The zero-order chi connectivity index (χ0) is 30.6. The van der Waals surface area contributed by atoms with Crippen LogP contribution in [-0.2, 0) is 16.6 Å². The first-order chi connectivity index (χ1) is 21.5. The number of likely N-dealkylation sites (tertiary alicyclic amines) is 1. The molecule has 6 heteroatoms. The Kier molecular flexibility index (Phi) is 10.3. The van der Waals surface area contributed by atoms with Crippen molar-refractivity contribution in [2.24, 2.45) is 5.92 Å². The number of hydrogen-bond donors (Lipinski definition) is 3. The first-order valence-electron chi connectivity index (χ1n) is 18.4. The zero-order valence-corrected chi connectivity index (χ0v) is 27.3. The summed E-state index contributed by atoms with van der Waals surface area (Å²) in [5.41, 5.74) is 0.763. The molecule has 44 heavy (non-hydrogen) atoms. The highest BCUT2D eigenvalue weighted by atomic mass is 16.5. The fourth-order valence-corrected chi connectivity index (χ4v) is 9.26. The number of nitrogens with one attached hydrogen (secondary N) is 1. The van der Waals surface area contributed by atoms with Gasteiger partial charge in [-0.3, -0.25) is 9.69 Å². The van der Waals surface area contributed by atoms with E-state index >= 15 is 0 Å². The van der Waals surface area contributed by atoms with E-state index in [0.717, 1.165) is 50.3 Å². The summed E-state index contributed by atoms with van der Waals surface area (Å²) in [5, 5.41) is 26.8. The molecule has 0 radical (unpaired) electrons. The van der Waals surface area contributed by atoms with Gasteiger partial charge in [-0.2, -0.15) is 0 Å². The lowest BCUT2D eigenvalue weighted by molar-refractivity contribution is -0.192. The topological polar surface area (TPSA) is 82.0 Å². The molecule has 1 aromatic rings. The third-order valence-electron chi connectivity index (χ3n) is 11.8. The second-order valence-electron chi connectivity index (χ2n) is 14.8. The van der Waals surface area contributed by atoms with Crippen LogP contribution < -0.4 is 10.1 Å². The van der Waals surface area contributed by atoms with Crippen LogP contribution in [0, 0.1) is 5.92 Å². The number of nitrogens with zero attached hydrogens (tertiary/aromatic N) is 1. The van der Waals surface area contributed by atoms with E-state index in [1.165, 1.54) is 89.0 Å². The average molecular weight is 607 g/mol. The summed E-state index contributed by atoms with van der Waals surface area (Å²) in [7, 11) is 0. The molecule has 244 valence electrons. The van der Waals surface area contributed by atoms with E-state index in [0.29, 0.717) is 25.0 Å². The van der Waals surface area contributed by atoms with Crippen LogP contribution in [0.4, 0.5) is 0 Å². The van der Waals surface area contributed by atoms with E-state index in [4.69, 9.17) is 4.74 Å². The summed E-state index contributed by atoms with van der Waals surface area (Å²) in [6.45, 7) is 4.28. The minimum atomic E-state index is -0.901. The maximum absolute atomic E-state index is 13.2. The number of piperidine rings is 1. The third-order valence-corrected chi connectivity index (χ3v) is 11.8. The van der Waals surface area contributed by atoms with Crippen molar-refractivity contribution in [2.75, 3.05) is 13.1 Å². The van der Waals surface area contributed by atoms with Crippen LogP contribution in [0.5, 0.6) is 11.5 Å². The lowest BCUT2D eigenvalue weighted by Gasteiger charge is -2.64. The van der Waals surface area contributed by atoms with Crippen LogP contribution in [0.1, 0.15) is 140 Å². The molecular formula is C38H58N2O4. The van der Waals surface area contributed by atoms with Gasteiger partial charge in [0, 0.05) is 24.6 Å². The Bertz CT molecular complexity index is 1160. The molecular weight excluding hydrogens is 548 g/mol. The van der Waals surface area contributed by atoms with Crippen LogP contribution in [0.25, 0.3) is 0 Å². The van der Waals surface area contributed by atoms with Crippen molar-refractivity contribution in [3.8, 4) is 11.5 Å². The van der Waals surface area contributed by atoms with Crippen LogP contribution in [0.15, 0.2) is 24.3 Å². The number of hydrogen-bond acceptors (Lipinski definition) is 5. The molecule has 1 amide bonds. The van der Waals surface area contributed by atoms with E-state index < -0.39 is 11.0 Å². The molecule has 0 aromatic heterocycles. The molecule has 2 heterocycles. The fraction of sp³-hybridized carbons (Fsp3) is 0.763. The van der Waals surface area contributed by atoms with Gasteiger partial charge in [0.1, 0.15) is 6.10 Å². The Morgan fingerprint density at radius 1 is 0.977 bits per heavy atom. The van der Waals surface area contributed by atoms with Gasteiger partial charge in [-0.05, 0) is 94.7 Å². The van der Waals surface area contributed by atoms with Gasteiger partial charge in [-0.1, -0.05) is 76.5 Å². The maximum atomic E-state index is 13.2. The SMILES string of the molecule is CCCCCCCC/C=C/CCCCCCCC(=O)N[C@@H]1CC[C@@]2(O)[C@H]3Cc4ccc(O)c5c4[C@@]2(CCN3CC2CC2)[C@H]1O5. The van der Waals surface area contributed by atoms with Crippen molar-refractivity contribution in [3.05, 3.63) is 35.4 Å². The predicted octanol–water partition coefficient (Wildman–Crippen LogP) is 7.48. The molecule has 3 N–H and O–H groups in total. The molecule has 2 saturated carbocycles. The number of benzene rings is 1. The number of aliphatic hydroxyl groups is 1. The Balaban J connectivity index is 0.958. The first kappa shape index (κ1) is 31.9. The Hall–Kier alpha value is -2.05. The fourth-order valence-electron chi connectivity index (χ4n) is 9.26. The predicted molar refractivity (Wildman–Crippen MR) is 176 cm³/mol. The van der Waals surface area contributed by atoms with Crippen molar-refractivity contribution in [3.63, 3.8) is 0 Å². The molecule has 3 aliphatic carbocycles. The minimum absolute atomic E-state index is 0.0680. The second kappa shape index (κ2) is 14.2. The van der Waals surface area contributed by atoms with Crippen LogP contribution >= 0.6 is 0 Å². The maximum Gasteiger partial charge on any atom is 0.220 e. The lowest BCUT2D eigenvalue weighted by atomic mass is 9.48. The van der Waals surface area contributed by atoms with E-state index in [1.807, 2.05) is 6.07 Å². The van der Waals surface area contributed by atoms with Gasteiger partial charge in [0.15, 0.2) is 11.5 Å². The highest BCUT2D eigenvalue weighted by Gasteiger charge is 2.73. The summed E-state index contributed by atoms with van der Waals surface area (Å²) < 4.78 is 6.60. The largest absolute Gasteiger partial charge is 0.504 e. The summed E-state index contributed by atoms with van der Waals surface area (Å²) >= 11 is 0. The van der Waals surface area contributed by atoms with Gasteiger partial charge >= 0.3 is 0 Å². The monoisotopic (exact) mass is 606 g/mol. The number of phenolic OH excluding ortho intramolecular Hbond substituents is 1. The number of phenols is 1. The number of amides is 1. The summed E-state index contributed by atoms with van der Waals surface area (Å²) in [6, 6.07) is 3.72. The molecule has 2 aliphatic heterocycles. The Morgan fingerprint density at radius 2 is 1.68 bits per heavy atom. The zero-order valence-electron chi connectivity index (χ0n) is 27.3. The number of carbonyl (C=O) groups is 1. The number of aromatic hydroxyl groups is 1. The van der Waals surface area contributed by atoms with Crippen molar-refractivity contribution in [1.29, 1.82) is 0 Å². The van der Waals surface area contributed by atoms with Crippen molar-refractivity contribution < 1.29 is 19.7 Å². The molecule has 1 spiro atoms. The molecule has 6 rings (SSSR count). The lowest BCUT2D eigenvalue weighted by Crippen LogP contribution is -2.78. The molecule has 2 bridgehead atoms. The molecule has 1 saturated heterocycles. The van der Waals surface area contributed by atoms with Gasteiger partial charge in [-0.15, -0.1) is 0 Å². The molecule has 0 unspecified atom stereocenters. The van der Waals surface area contributed by atoms with Crippen molar-refractivity contribution in [2.45, 2.75) is 165 Å². The average Bonchev–Trinajstić information content (AvgIpc) is 3.76. The molecule has 6 nitrogen and oxygen atoms in total. The van der Waals surface area contributed by atoms with E-state index in [9.17, 15) is 15.0 Å². The smallest absolute Gasteiger partial charge is 0.220 e. The summed E-state index contributed by atoms with van der Waals surface area (Å²) in [5.74, 6) is 1.58. The van der Waals surface area contributed by atoms with Gasteiger partial charge in [-0.25, -0.2) is 0 Å². The highest BCUT2D eigenvalue weighted by molar-refractivity contribution is 5.76. The van der Waals surface area contributed by atoms with Crippen LogP contribution in [-0.4, -0.2) is 57.9 Å². The quantitative estimate of drug-likeness (QED) is 0.119. The molecule has 5 aliphatic rings.